The molecule has 1 amide bonds. The lowest BCUT2D eigenvalue weighted by Gasteiger charge is -2.22. The van der Waals surface area contributed by atoms with E-state index in [1.165, 1.54) is 12.0 Å². The molecule has 27 heavy (non-hydrogen) atoms. The average Bonchev–Trinajstić information content (AvgIpc) is 2.91. The third kappa shape index (κ3) is 4.52. The minimum Gasteiger partial charge on any atom is -0.466 e. The number of rotatable bonds is 7. The van der Waals surface area contributed by atoms with Crippen molar-refractivity contribution in [2.75, 3.05) is 32.1 Å². The number of β-amino-alcohol motifs (C(OH)–C–C–N with tert-alkyl or cyclic N) is 1. The number of amides is 1. The van der Waals surface area contributed by atoms with Crippen molar-refractivity contribution in [2.24, 2.45) is 0 Å². The van der Waals surface area contributed by atoms with E-state index in [2.05, 4.69) is 48.9 Å². The highest BCUT2D eigenvalue weighted by Crippen LogP contribution is 2.37. The van der Waals surface area contributed by atoms with Crippen molar-refractivity contribution in [2.45, 2.75) is 39.5 Å². The zero-order valence-corrected chi connectivity index (χ0v) is 18.0. The molecule has 1 aromatic rings. The summed E-state index contributed by atoms with van der Waals surface area (Å²) in [6.45, 7) is 8.46. The zero-order chi connectivity index (χ0) is 20.3. The molecular formula is C20H27BrN2O4. The average molecular weight is 439 g/mol. The molecule has 0 atom stereocenters. The predicted molar refractivity (Wildman–Crippen MR) is 109 cm³/mol. The van der Waals surface area contributed by atoms with Crippen molar-refractivity contribution >= 4 is 33.5 Å². The van der Waals surface area contributed by atoms with Crippen LogP contribution in [0.15, 0.2) is 27.9 Å². The molecule has 0 radical (unpaired) electrons. The molecule has 0 spiro atoms. The Morgan fingerprint density at radius 3 is 2.26 bits per heavy atom. The molecule has 0 bridgehead atoms. The standard InChI is InChI=1S/C20H27BrN2O4/c1-11(2)14-8-13(21)9-15(12(3)4)17(14)22-18-16(20(26)27-5)10-23(6-7-24)19(18)25/h8-9,11-12,22,24H,6-7,10H2,1-5H3. The van der Waals surface area contributed by atoms with E-state index in [0.29, 0.717) is 0 Å². The van der Waals surface area contributed by atoms with Crippen LogP contribution in [0.2, 0.25) is 0 Å². The van der Waals surface area contributed by atoms with E-state index in [1.807, 2.05) is 12.1 Å². The van der Waals surface area contributed by atoms with Crippen LogP contribution in [0.25, 0.3) is 0 Å². The second-order valence-electron chi connectivity index (χ2n) is 7.19. The summed E-state index contributed by atoms with van der Waals surface area (Å²) in [6.07, 6.45) is 0. The molecule has 0 saturated carbocycles. The fourth-order valence-electron chi connectivity index (χ4n) is 3.18. The number of aliphatic hydroxyl groups is 1. The first-order chi connectivity index (χ1) is 12.7. The van der Waals surface area contributed by atoms with Gasteiger partial charge in [0.25, 0.3) is 5.91 Å². The molecule has 6 nitrogen and oxygen atoms in total. The molecule has 1 aliphatic heterocycles. The highest BCUT2D eigenvalue weighted by molar-refractivity contribution is 9.10. The van der Waals surface area contributed by atoms with Gasteiger partial charge in [-0.2, -0.15) is 0 Å². The van der Waals surface area contributed by atoms with E-state index in [-0.39, 0.29) is 48.7 Å². The van der Waals surface area contributed by atoms with Crippen molar-refractivity contribution < 1.29 is 19.4 Å². The number of hydrogen-bond donors (Lipinski definition) is 2. The van der Waals surface area contributed by atoms with Crippen LogP contribution in [0.5, 0.6) is 0 Å². The Kier molecular flexibility index (Phi) is 7.06. The van der Waals surface area contributed by atoms with Gasteiger partial charge in [0.05, 0.1) is 25.8 Å². The summed E-state index contributed by atoms with van der Waals surface area (Å²) in [7, 11) is 1.30. The van der Waals surface area contributed by atoms with E-state index in [4.69, 9.17) is 4.74 Å². The molecule has 0 saturated heterocycles. The lowest BCUT2D eigenvalue weighted by molar-refractivity contribution is -0.136. The van der Waals surface area contributed by atoms with Crippen LogP contribution in [0.4, 0.5) is 5.69 Å². The first-order valence-corrected chi connectivity index (χ1v) is 9.82. The summed E-state index contributed by atoms with van der Waals surface area (Å²) in [5, 5.41) is 12.5. The van der Waals surface area contributed by atoms with Crippen LogP contribution in [-0.2, 0) is 14.3 Å². The van der Waals surface area contributed by atoms with Gasteiger partial charge in [-0.05, 0) is 35.1 Å². The molecule has 0 unspecified atom stereocenters. The Hall–Kier alpha value is -1.86. The molecule has 0 aliphatic carbocycles. The van der Waals surface area contributed by atoms with Gasteiger partial charge < -0.3 is 20.1 Å². The summed E-state index contributed by atoms with van der Waals surface area (Å²) in [4.78, 5) is 26.5. The van der Waals surface area contributed by atoms with Crippen LogP contribution in [0.1, 0.15) is 50.7 Å². The molecule has 2 rings (SSSR count). The lowest BCUT2D eigenvalue weighted by Crippen LogP contribution is -2.31. The minimum absolute atomic E-state index is 0.124. The smallest absolute Gasteiger partial charge is 0.337 e. The molecule has 0 fully saturated rings. The molecule has 1 aliphatic rings. The largest absolute Gasteiger partial charge is 0.466 e. The third-order valence-electron chi connectivity index (χ3n) is 4.61. The fraction of sp³-hybridized carbons (Fsp3) is 0.500. The molecule has 1 heterocycles. The number of carbonyl (C=O) groups is 2. The van der Waals surface area contributed by atoms with Gasteiger partial charge in [0.2, 0.25) is 0 Å². The zero-order valence-electron chi connectivity index (χ0n) is 16.4. The number of halogens is 1. The van der Waals surface area contributed by atoms with Gasteiger partial charge >= 0.3 is 5.97 Å². The quantitative estimate of drug-likeness (QED) is 0.637. The lowest BCUT2D eigenvalue weighted by atomic mass is 9.92. The maximum Gasteiger partial charge on any atom is 0.337 e. The number of anilines is 1. The monoisotopic (exact) mass is 438 g/mol. The summed E-state index contributed by atoms with van der Waals surface area (Å²) in [6, 6.07) is 4.06. The minimum atomic E-state index is -0.541. The van der Waals surface area contributed by atoms with E-state index in [0.717, 1.165) is 21.3 Å². The van der Waals surface area contributed by atoms with E-state index >= 15 is 0 Å². The fourth-order valence-corrected chi connectivity index (χ4v) is 3.67. The Balaban J connectivity index is 2.58. The number of aliphatic hydroxyl groups excluding tert-OH is 1. The van der Waals surface area contributed by atoms with Gasteiger partial charge in [-0.3, -0.25) is 4.79 Å². The van der Waals surface area contributed by atoms with Crippen LogP contribution >= 0.6 is 15.9 Å². The number of carbonyl (C=O) groups excluding carboxylic acids is 2. The summed E-state index contributed by atoms with van der Waals surface area (Å²) in [5.74, 6) is -0.415. The summed E-state index contributed by atoms with van der Waals surface area (Å²) < 4.78 is 5.84. The Bertz CT molecular complexity index is 742. The first-order valence-electron chi connectivity index (χ1n) is 9.03. The number of hydrogen-bond acceptors (Lipinski definition) is 5. The van der Waals surface area contributed by atoms with E-state index < -0.39 is 5.97 Å². The van der Waals surface area contributed by atoms with Gasteiger partial charge in [0, 0.05) is 16.7 Å². The van der Waals surface area contributed by atoms with Crippen molar-refractivity contribution in [3.63, 3.8) is 0 Å². The van der Waals surface area contributed by atoms with Crippen LogP contribution in [0.3, 0.4) is 0 Å². The molecule has 2 N–H and O–H groups in total. The van der Waals surface area contributed by atoms with Gasteiger partial charge in [0.15, 0.2) is 0 Å². The number of nitrogens with zero attached hydrogens (tertiary/aromatic N) is 1. The SMILES string of the molecule is COC(=O)C1=C(Nc2c(C(C)C)cc(Br)cc2C(C)C)C(=O)N(CCO)C1. The Morgan fingerprint density at radius 1 is 1.26 bits per heavy atom. The Morgan fingerprint density at radius 2 is 1.81 bits per heavy atom. The van der Waals surface area contributed by atoms with Crippen molar-refractivity contribution in [1.82, 2.24) is 4.90 Å². The number of methoxy groups -OCH3 is 1. The summed E-state index contributed by atoms with van der Waals surface area (Å²) >= 11 is 3.57. The summed E-state index contributed by atoms with van der Waals surface area (Å²) in [5.41, 5.74) is 3.46. The van der Waals surface area contributed by atoms with Crippen molar-refractivity contribution in [3.8, 4) is 0 Å². The second kappa shape index (κ2) is 8.89. The van der Waals surface area contributed by atoms with E-state index in [1.54, 1.807) is 0 Å². The van der Waals surface area contributed by atoms with Crippen LogP contribution in [-0.4, -0.2) is 48.7 Å². The van der Waals surface area contributed by atoms with Crippen LogP contribution in [0, 0.1) is 0 Å². The highest BCUT2D eigenvalue weighted by atomic mass is 79.9. The van der Waals surface area contributed by atoms with Gasteiger partial charge in [0.1, 0.15) is 5.70 Å². The molecule has 0 aromatic heterocycles. The van der Waals surface area contributed by atoms with E-state index in [9.17, 15) is 14.7 Å². The number of benzene rings is 1. The Labute approximate surface area is 168 Å². The number of ether oxygens (including phenoxy) is 1. The molecule has 148 valence electrons. The number of nitrogens with one attached hydrogen (secondary N) is 1. The molecule has 1 aromatic carbocycles. The maximum atomic E-state index is 12.8. The van der Waals surface area contributed by atoms with Crippen LogP contribution < -0.4 is 5.32 Å². The second-order valence-corrected chi connectivity index (χ2v) is 8.10. The van der Waals surface area contributed by atoms with Gasteiger partial charge in [-0.1, -0.05) is 43.6 Å². The predicted octanol–water partition coefficient (Wildman–Crippen LogP) is 3.37. The van der Waals surface area contributed by atoms with Gasteiger partial charge in [-0.25, -0.2) is 4.79 Å². The maximum absolute atomic E-state index is 12.8. The topological polar surface area (TPSA) is 78.9 Å². The molecular weight excluding hydrogens is 412 g/mol. The molecule has 7 heteroatoms. The normalized spacial score (nSPS) is 14.6. The van der Waals surface area contributed by atoms with Crippen molar-refractivity contribution in [3.05, 3.63) is 39.0 Å². The van der Waals surface area contributed by atoms with Crippen molar-refractivity contribution in [1.29, 1.82) is 0 Å². The highest BCUT2D eigenvalue weighted by Gasteiger charge is 2.35. The van der Waals surface area contributed by atoms with Gasteiger partial charge in [-0.15, -0.1) is 0 Å². The third-order valence-corrected chi connectivity index (χ3v) is 5.07. The number of esters is 1. The first kappa shape index (κ1) is 21.4.